The number of nitrogens with zero attached hydrogens (tertiary/aromatic N) is 1. The van der Waals surface area contributed by atoms with Gasteiger partial charge in [-0.1, -0.05) is 42.5 Å². The molecule has 3 aromatic carbocycles. The molecule has 3 rings (SSSR count). The van der Waals surface area contributed by atoms with Crippen molar-refractivity contribution in [3.8, 4) is 11.5 Å². The van der Waals surface area contributed by atoms with E-state index < -0.39 is 0 Å². The number of anilines is 1. The highest BCUT2D eigenvalue weighted by Crippen LogP contribution is 2.36. The van der Waals surface area contributed by atoms with Crippen molar-refractivity contribution in [3.63, 3.8) is 0 Å². The zero-order valence-corrected chi connectivity index (χ0v) is 17.3. The number of hydrogen-bond donors (Lipinski definition) is 2. The zero-order chi connectivity index (χ0) is 20.6. The molecule has 0 aliphatic rings. The van der Waals surface area contributed by atoms with E-state index in [9.17, 15) is 4.79 Å². The molecular weight excluding hydrogens is 434 g/mol. The molecule has 6 nitrogen and oxygen atoms in total. The third-order valence-electron chi connectivity index (χ3n) is 4.06. The number of methoxy groups -OCH3 is 1. The minimum atomic E-state index is -0.381. The second-order valence-corrected chi connectivity index (χ2v) is 6.95. The Labute approximate surface area is 177 Å². The van der Waals surface area contributed by atoms with E-state index in [1.165, 1.54) is 6.21 Å². The summed E-state index contributed by atoms with van der Waals surface area (Å²) in [6.07, 6.45) is 1.52. The van der Waals surface area contributed by atoms with Crippen LogP contribution in [0, 0.1) is 0 Å². The largest absolute Gasteiger partial charge is 0.493 e. The highest BCUT2D eigenvalue weighted by Gasteiger charge is 2.12. The lowest BCUT2D eigenvalue weighted by Gasteiger charge is -2.13. The van der Waals surface area contributed by atoms with E-state index in [1.807, 2.05) is 36.4 Å². The van der Waals surface area contributed by atoms with Crippen molar-refractivity contribution in [2.24, 2.45) is 5.10 Å². The predicted octanol–water partition coefficient (Wildman–Crippen LogP) is 4.38. The maximum absolute atomic E-state index is 12.2. The number of benzene rings is 3. The normalized spacial score (nSPS) is 10.7. The summed E-state index contributed by atoms with van der Waals surface area (Å²) in [7, 11) is 1.57. The predicted molar refractivity (Wildman–Crippen MR) is 117 cm³/mol. The molecule has 0 aromatic heterocycles. The van der Waals surface area contributed by atoms with Gasteiger partial charge in [-0.3, -0.25) is 4.79 Å². The van der Waals surface area contributed by atoms with Crippen molar-refractivity contribution in [2.75, 3.05) is 12.8 Å². The number of hydrogen-bond acceptors (Lipinski definition) is 5. The third-order valence-corrected chi connectivity index (χ3v) is 4.65. The second-order valence-electron chi connectivity index (χ2n) is 6.09. The summed E-state index contributed by atoms with van der Waals surface area (Å²) in [5, 5.41) is 4.00. The lowest BCUT2D eigenvalue weighted by atomic mass is 10.2. The quantitative estimate of drug-likeness (QED) is 0.315. The fraction of sp³-hybridized carbons (Fsp3) is 0.0909. The topological polar surface area (TPSA) is 85.9 Å². The Morgan fingerprint density at radius 3 is 2.59 bits per heavy atom. The highest BCUT2D eigenvalue weighted by atomic mass is 79.9. The van der Waals surface area contributed by atoms with Crippen LogP contribution in [-0.2, 0) is 6.61 Å². The van der Waals surface area contributed by atoms with Crippen LogP contribution in [0.2, 0.25) is 0 Å². The van der Waals surface area contributed by atoms with Gasteiger partial charge in [-0.2, -0.15) is 5.10 Å². The summed E-state index contributed by atoms with van der Waals surface area (Å²) in [6, 6.07) is 20.3. The third kappa shape index (κ3) is 5.36. The molecule has 1 amide bonds. The number of nitrogens with one attached hydrogen (secondary N) is 1. The van der Waals surface area contributed by atoms with Crippen LogP contribution in [0.1, 0.15) is 21.5 Å². The molecule has 0 saturated heterocycles. The molecule has 0 saturated carbocycles. The standard InChI is InChI=1S/C22H20BrN3O3/c1-28-20-12-16(13-25-26-22(27)17-9-5-6-10-19(17)24)11-18(23)21(20)29-14-15-7-3-2-4-8-15/h2-13H,14,24H2,1H3,(H,26,27). The molecular formula is C22H20BrN3O3. The zero-order valence-electron chi connectivity index (χ0n) is 15.8. The smallest absolute Gasteiger partial charge is 0.273 e. The molecule has 0 fully saturated rings. The summed E-state index contributed by atoms with van der Waals surface area (Å²) in [5.41, 5.74) is 10.8. The van der Waals surface area contributed by atoms with E-state index >= 15 is 0 Å². The van der Waals surface area contributed by atoms with E-state index in [0.717, 1.165) is 11.1 Å². The Balaban J connectivity index is 1.70. The molecule has 0 heterocycles. The van der Waals surface area contributed by atoms with Crippen LogP contribution >= 0.6 is 15.9 Å². The Bertz CT molecular complexity index is 1020. The first-order valence-electron chi connectivity index (χ1n) is 8.80. The fourth-order valence-corrected chi connectivity index (χ4v) is 3.19. The first kappa shape index (κ1) is 20.4. The summed E-state index contributed by atoms with van der Waals surface area (Å²) >= 11 is 3.51. The van der Waals surface area contributed by atoms with Gasteiger partial charge in [0.05, 0.1) is 23.4 Å². The van der Waals surface area contributed by atoms with Crippen LogP contribution in [0.25, 0.3) is 0 Å². The van der Waals surface area contributed by atoms with E-state index in [-0.39, 0.29) is 5.91 Å². The van der Waals surface area contributed by atoms with E-state index in [4.69, 9.17) is 15.2 Å². The highest BCUT2D eigenvalue weighted by molar-refractivity contribution is 9.10. The number of amides is 1. The van der Waals surface area contributed by atoms with Crippen molar-refractivity contribution in [1.29, 1.82) is 0 Å². The molecule has 3 N–H and O–H groups in total. The Morgan fingerprint density at radius 2 is 1.86 bits per heavy atom. The molecule has 7 heteroatoms. The molecule has 0 radical (unpaired) electrons. The van der Waals surface area contributed by atoms with Crippen molar-refractivity contribution < 1.29 is 14.3 Å². The fourth-order valence-electron chi connectivity index (χ4n) is 2.61. The number of rotatable bonds is 7. The average molecular weight is 454 g/mol. The number of nitrogen functional groups attached to an aromatic ring is 1. The van der Waals surface area contributed by atoms with Crippen LogP contribution < -0.4 is 20.6 Å². The van der Waals surface area contributed by atoms with Gasteiger partial charge in [-0.05, 0) is 51.3 Å². The summed E-state index contributed by atoms with van der Waals surface area (Å²) in [5.74, 6) is 0.762. The van der Waals surface area contributed by atoms with E-state index in [1.54, 1.807) is 37.4 Å². The van der Waals surface area contributed by atoms with Gasteiger partial charge in [0.15, 0.2) is 11.5 Å². The minimum absolute atomic E-state index is 0.369. The summed E-state index contributed by atoms with van der Waals surface area (Å²) in [4.78, 5) is 12.2. The van der Waals surface area contributed by atoms with Gasteiger partial charge in [-0.15, -0.1) is 0 Å². The number of hydrazone groups is 1. The maximum atomic E-state index is 12.2. The van der Waals surface area contributed by atoms with Crippen LogP contribution in [0.3, 0.4) is 0 Å². The Kier molecular flexibility index (Phi) is 6.86. The average Bonchev–Trinajstić information content (AvgIpc) is 2.73. The van der Waals surface area contributed by atoms with Crippen molar-refractivity contribution >= 4 is 33.7 Å². The first-order chi connectivity index (χ1) is 14.1. The first-order valence-corrected chi connectivity index (χ1v) is 9.60. The van der Waals surface area contributed by atoms with Gasteiger partial charge in [-0.25, -0.2) is 5.43 Å². The number of halogens is 1. The van der Waals surface area contributed by atoms with Gasteiger partial charge in [0, 0.05) is 5.69 Å². The number of carbonyl (C=O) groups is 1. The molecule has 0 aliphatic heterocycles. The van der Waals surface area contributed by atoms with Gasteiger partial charge in [0.1, 0.15) is 6.61 Å². The number of ether oxygens (including phenoxy) is 2. The van der Waals surface area contributed by atoms with Gasteiger partial charge >= 0.3 is 0 Å². The van der Waals surface area contributed by atoms with Gasteiger partial charge in [0.25, 0.3) is 5.91 Å². The minimum Gasteiger partial charge on any atom is -0.493 e. The van der Waals surface area contributed by atoms with Crippen LogP contribution in [0.15, 0.2) is 76.3 Å². The molecule has 3 aromatic rings. The van der Waals surface area contributed by atoms with Crippen LogP contribution in [0.4, 0.5) is 5.69 Å². The lowest BCUT2D eigenvalue weighted by molar-refractivity contribution is 0.0956. The van der Waals surface area contributed by atoms with Crippen molar-refractivity contribution in [3.05, 3.63) is 87.9 Å². The molecule has 0 aliphatic carbocycles. The number of carbonyl (C=O) groups excluding carboxylic acids is 1. The summed E-state index contributed by atoms with van der Waals surface area (Å²) < 4.78 is 12.1. The van der Waals surface area contributed by atoms with E-state index in [0.29, 0.717) is 33.8 Å². The molecule has 148 valence electrons. The van der Waals surface area contributed by atoms with Gasteiger partial charge in [0.2, 0.25) is 0 Å². The molecule has 0 atom stereocenters. The monoisotopic (exact) mass is 453 g/mol. The van der Waals surface area contributed by atoms with E-state index in [2.05, 4.69) is 26.5 Å². The molecule has 29 heavy (non-hydrogen) atoms. The Morgan fingerprint density at radius 1 is 1.14 bits per heavy atom. The van der Waals surface area contributed by atoms with Crippen LogP contribution in [0.5, 0.6) is 11.5 Å². The Hall–Kier alpha value is -3.32. The van der Waals surface area contributed by atoms with Crippen LogP contribution in [-0.4, -0.2) is 19.2 Å². The number of para-hydroxylation sites is 1. The maximum Gasteiger partial charge on any atom is 0.273 e. The molecule has 0 bridgehead atoms. The SMILES string of the molecule is COc1cc(C=NNC(=O)c2ccccc2N)cc(Br)c1OCc1ccccc1. The number of nitrogens with two attached hydrogens (primary N) is 1. The van der Waals surface area contributed by atoms with Crippen molar-refractivity contribution in [2.45, 2.75) is 6.61 Å². The lowest BCUT2D eigenvalue weighted by Crippen LogP contribution is -2.19. The molecule has 0 unspecified atom stereocenters. The molecule has 0 spiro atoms. The second kappa shape index (κ2) is 9.75. The summed E-state index contributed by atoms with van der Waals surface area (Å²) in [6.45, 7) is 0.414. The van der Waals surface area contributed by atoms with Crippen molar-refractivity contribution in [1.82, 2.24) is 5.43 Å². The van der Waals surface area contributed by atoms with Gasteiger partial charge < -0.3 is 15.2 Å².